The summed E-state index contributed by atoms with van der Waals surface area (Å²) in [7, 11) is 4.02. The number of anilines is 1. The molecule has 0 saturated heterocycles. The van der Waals surface area contributed by atoms with Crippen LogP contribution in [0, 0.1) is 18.3 Å². The van der Waals surface area contributed by atoms with E-state index in [1.807, 2.05) is 33.2 Å². The van der Waals surface area contributed by atoms with Crippen molar-refractivity contribution < 1.29 is 4.79 Å². The maximum absolute atomic E-state index is 13.2. The van der Waals surface area contributed by atoms with E-state index >= 15 is 0 Å². The molecule has 0 fully saturated rings. The average molecular weight is 413 g/mol. The summed E-state index contributed by atoms with van der Waals surface area (Å²) in [5.41, 5.74) is 2.93. The third-order valence-electron chi connectivity index (χ3n) is 4.36. The van der Waals surface area contributed by atoms with E-state index in [1.54, 1.807) is 29.2 Å². The lowest BCUT2D eigenvalue weighted by atomic mass is 10.1. The standard InChI is InChI=1S/C21H21ClN4OS/c1-14-11-17(22)12-18-19(14)24-21(28-18)26(10-4-9-25(2)3)20(27)16-7-5-15(13-23)6-8-16/h5-8,11-12H,4,9-10H2,1-3H3. The van der Waals surface area contributed by atoms with Gasteiger partial charge < -0.3 is 4.90 Å². The van der Waals surface area contributed by atoms with Crippen molar-refractivity contribution in [3.05, 3.63) is 58.1 Å². The number of nitriles is 1. The number of carbonyl (C=O) groups is 1. The quantitative estimate of drug-likeness (QED) is 0.587. The topological polar surface area (TPSA) is 60.2 Å². The van der Waals surface area contributed by atoms with Gasteiger partial charge in [-0.15, -0.1) is 0 Å². The summed E-state index contributed by atoms with van der Waals surface area (Å²) in [4.78, 5) is 21.8. The molecular formula is C21H21ClN4OS. The van der Waals surface area contributed by atoms with Crippen LogP contribution in [0.1, 0.15) is 27.9 Å². The number of thiazole rings is 1. The van der Waals surface area contributed by atoms with Crippen LogP contribution in [0.15, 0.2) is 36.4 Å². The number of aryl methyl sites for hydroxylation is 1. The molecule has 3 aromatic rings. The smallest absolute Gasteiger partial charge is 0.260 e. The molecular weight excluding hydrogens is 392 g/mol. The van der Waals surface area contributed by atoms with Crippen LogP contribution in [-0.4, -0.2) is 43.0 Å². The van der Waals surface area contributed by atoms with Gasteiger partial charge in [0.25, 0.3) is 5.91 Å². The van der Waals surface area contributed by atoms with Crippen molar-refractivity contribution in [3.8, 4) is 6.07 Å². The molecule has 5 nitrogen and oxygen atoms in total. The van der Waals surface area contributed by atoms with Crippen LogP contribution in [0.4, 0.5) is 5.13 Å². The van der Waals surface area contributed by atoms with Crippen LogP contribution in [-0.2, 0) is 0 Å². The summed E-state index contributed by atoms with van der Waals surface area (Å²) >= 11 is 7.65. The molecule has 0 atom stereocenters. The minimum Gasteiger partial charge on any atom is -0.309 e. The maximum Gasteiger partial charge on any atom is 0.260 e. The summed E-state index contributed by atoms with van der Waals surface area (Å²) in [6.07, 6.45) is 0.824. The highest BCUT2D eigenvalue weighted by molar-refractivity contribution is 7.22. The molecule has 0 spiro atoms. The van der Waals surface area contributed by atoms with Crippen LogP contribution >= 0.6 is 22.9 Å². The molecule has 0 aliphatic heterocycles. The summed E-state index contributed by atoms with van der Waals surface area (Å²) in [5, 5.41) is 10.3. The van der Waals surface area contributed by atoms with E-state index < -0.39 is 0 Å². The number of halogens is 1. The molecule has 0 unspecified atom stereocenters. The molecule has 2 aromatic carbocycles. The van der Waals surface area contributed by atoms with Crippen LogP contribution in [0.3, 0.4) is 0 Å². The lowest BCUT2D eigenvalue weighted by molar-refractivity contribution is 0.0986. The van der Waals surface area contributed by atoms with Gasteiger partial charge in [0.1, 0.15) is 0 Å². The highest BCUT2D eigenvalue weighted by atomic mass is 35.5. The Hall–Kier alpha value is -2.46. The largest absolute Gasteiger partial charge is 0.309 e. The predicted octanol–water partition coefficient (Wildman–Crippen LogP) is 4.73. The van der Waals surface area contributed by atoms with Crippen LogP contribution < -0.4 is 4.90 Å². The Balaban J connectivity index is 1.97. The fourth-order valence-electron chi connectivity index (χ4n) is 2.93. The molecule has 144 valence electrons. The highest BCUT2D eigenvalue weighted by Crippen LogP contribution is 2.33. The Morgan fingerprint density at radius 3 is 2.57 bits per heavy atom. The van der Waals surface area contributed by atoms with E-state index in [-0.39, 0.29) is 5.91 Å². The zero-order valence-corrected chi connectivity index (χ0v) is 17.6. The van der Waals surface area contributed by atoms with Gasteiger partial charge in [0.15, 0.2) is 5.13 Å². The molecule has 0 saturated carbocycles. The van der Waals surface area contributed by atoms with Gasteiger partial charge >= 0.3 is 0 Å². The van der Waals surface area contributed by atoms with Crippen molar-refractivity contribution in [2.24, 2.45) is 0 Å². The Bertz CT molecular complexity index is 1040. The molecule has 0 N–H and O–H groups in total. The third-order valence-corrected chi connectivity index (χ3v) is 5.61. The highest BCUT2D eigenvalue weighted by Gasteiger charge is 2.22. The second-order valence-electron chi connectivity index (χ2n) is 6.87. The monoisotopic (exact) mass is 412 g/mol. The molecule has 1 aromatic heterocycles. The SMILES string of the molecule is Cc1cc(Cl)cc2sc(N(CCCN(C)C)C(=O)c3ccc(C#N)cc3)nc12. The molecule has 3 rings (SSSR count). The van der Waals surface area contributed by atoms with Crippen LogP contribution in [0.2, 0.25) is 5.02 Å². The first kappa shape index (κ1) is 20.3. The fourth-order valence-corrected chi connectivity index (χ4v) is 4.38. The number of rotatable bonds is 6. The van der Waals surface area contributed by atoms with Gasteiger partial charge in [-0.2, -0.15) is 5.26 Å². The van der Waals surface area contributed by atoms with Crippen molar-refractivity contribution >= 4 is 44.2 Å². The molecule has 28 heavy (non-hydrogen) atoms. The molecule has 0 aliphatic carbocycles. The fraction of sp³-hybridized carbons (Fsp3) is 0.286. The Labute approximate surface area is 173 Å². The number of hydrogen-bond donors (Lipinski definition) is 0. The van der Waals surface area contributed by atoms with E-state index in [4.69, 9.17) is 21.8 Å². The van der Waals surface area contributed by atoms with Gasteiger partial charge in [-0.25, -0.2) is 4.98 Å². The zero-order valence-electron chi connectivity index (χ0n) is 16.1. The number of amides is 1. The van der Waals surface area contributed by atoms with Crippen LogP contribution in [0.5, 0.6) is 0 Å². The number of aromatic nitrogens is 1. The number of carbonyl (C=O) groups excluding carboxylic acids is 1. The van der Waals surface area contributed by atoms with E-state index in [2.05, 4.69) is 11.0 Å². The summed E-state index contributed by atoms with van der Waals surface area (Å²) < 4.78 is 0.963. The first-order chi connectivity index (χ1) is 13.4. The van der Waals surface area contributed by atoms with Gasteiger partial charge in [0.05, 0.1) is 21.8 Å². The number of nitrogens with zero attached hydrogens (tertiary/aromatic N) is 4. The second-order valence-corrected chi connectivity index (χ2v) is 8.31. The average Bonchev–Trinajstić information content (AvgIpc) is 3.08. The van der Waals surface area contributed by atoms with Gasteiger partial charge in [-0.3, -0.25) is 9.69 Å². The molecule has 1 heterocycles. The number of benzene rings is 2. The Kier molecular flexibility index (Phi) is 6.30. The first-order valence-electron chi connectivity index (χ1n) is 8.92. The van der Waals surface area contributed by atoms with E-state index in [9.17, 15) is 4.79 Å². The molecule has 0 bridgehead atoms. The molecule has 1 amide bonds. The summed E-state index contributed by atoms with van der Waals surface area (Å²) in [6.45, 7) is 3.40. The minimum absolute atomic E-state index is 0.119. The van der Waals surface area contributed by atoms with Crippen molar-refractivity contribution in [2.45, 2.75) is 13.3 Å². The second kappa shape index (κ2) is 8.70. The lowest BCUT2D eigenvalue weighted by Crippen LogP contribution is -2.33. The van der Waals surface area contributed by atoms with Gasteiger partial charge in [0.2, 0.25) is 0 Å². The third kappa shape index (κ3) is 4.50. The molecule has 7 heteroatoms. The number of hydrogen-bond acceptors (Lipinski definition) is 5. The first-order valence-corrected chi connectivity index (χ1v) is 10.1. The van der Waals surface area contributed by atoms with Gasteiger partial charge in [0, 0.05) is 17.1 Å². The van der Waals surface area contributed by atoms with Gasteiger partial charge in [-0.1, -0.05) is 22.9 Å². The van der Waals surface area contributed by atoms with Gasteiger partial charge in [-0.05, 0) is 75.9 Å². The van der Waals surface area contributed by atoms with Crippen molar-refractivity contribution in [1.29, 1.82) is 5.26 Å². The van der Waals surface area contributed by atoms with Crippen molar-refractivity contribution in [2.75, 3.05) is 32.1 Å². The molecule has 0 aliphatic rings. The summed E-state index contributed by atoms with van der Waals surface area (Å²) in [6, 6.07) is 12.5. The van der Waals surface area contributed by atoms with E-state index in [0.717, 1.165) is 28.7 Å². The predicted molar refractivity (Wildman–Crippen MR) is 115 cm³/mol. The van der Waals surface area contributed by atoms with Crippen LogP contribution in [0.25, 0.3) is 10.2 Å². The normalized spacial score (nSPS) is 11.0. The maximum atomic E-state index is 13.2. The number of fused-ring (bicyclic) bond motifs is 1. The Morgan fingerprint density at radius 2 is 1.93 bits per heavy atom. The van der Waals surface area contributed by atoms with Crippen molar-refractivity contribution in [1.82, 2.24) is 9.88 Å². The molecule has 0 radical (unpaired) electrons. The summed E-state index contributed by atoms with van der Waals surface area (Å²) in [5.74, 6) is -0.119. The van der Waals surface area contributed by atoms with Crippen molar-refractivity contribution in [3.63, 3.8) is 0 Å². The lowest BCUT2D eigenvalue weighted by Gasteiger charge is -2.21. The Morgan fingerprint density at radius 1 is 1.21 bits per heavy atom. The van der Waals surface area contributed by atoms with E-state index in [0.29, 0.717) is 27.8 Å². The van der Waals surface area contributed by atoms with E-state index in [1.165, 1.54) is 11.3 Å². The zero-order chi connectivity index (χ0) is 20.3. The minimum atomic E-state index is -0.119.